The van der Waals surface area contributed by atoms with Crippen LogP contribution in [0.2, 0.25) is 0 Å². The molecule has 0 saturated carbocycles. The number of halogens is 1. The van der Waals surface area contributed by atoms with Crippen molar-refractivity contribution in [3.05, 3.63) is 59.9 Å². The van der Waals surface area contributed by atoms with Gasteiger partial charge in [-0.15, -0.1) is 0 Å². The summed E-state index contributed by atoms with van der Waals surface area (Å²) in [6, 6.07) is 13.6. The van der Waals surface area contributed by atoms with E-state index in [4.69, 9.17) is 14.2 Å². The molecule has 6 nitrogen and oxygen atoms in total. The highest BCUT2D eigenvalue weighted by Crippen LogP contribution is 2.39. The third-order valence-corrected chi connectivity index (χ3v) is 5.68. The van der Waals surface area contributed by atoms with Gasteiger partial charge in [0, 0.05) is 18.4 Å². The number of ether oxygens (including phenoxy) is 3. The zero-order valence-corrected chi connectivity index (χ0v) is 17.1. The number of benzene rings is 2. The molecule has 0 aromatic heterocycles. The first-order chi connectivity index (χ1) is 14.5. The predicted octanol–water partition coefficient (Wildman–Crippen LogP) is 4.06. The van der Waals surface area contributed by atoms with Crippen LogP contribution >= 0.6 is 0 Å². The number of carbonyl (C=O) groups excluding carboxylic acids is 1. The molecule has 2 saturated heterocycles. The van der Waals surface area contributed by atoms with Crippen molar-refractivity contribution in [2.75, 3.05) is 38.7 Å². The second-order valence-corrected chi connectivity index (χ2v) is 8.05. The van der Waals surface area contributed by atoms with Crippen LogP contribution < -0.4 is 10.1 Å². The van der Waals surface area contributed by atoms with Crippen LogP contribution in [0.5, 0.6) is 5.75 Å². The SMILES string of the molecule is COc1cccc(NC(=O)N2CC3(CC(CCOCc4cccc(F)c4)CO3)C2)c1. The molecule has 7 heteroatoms. The van der Waals surface area contributed by atoms with E-state index in [2.05, 4.69) is 5.32 Å². The van der Waals surface area contributed by atoms with Crippen LogP contribution in [0, 0.1) is 11.7 Å². The maximum atomic E-state index is 13.2. The molecule has 30 heavy (non-hydrogen) atoms. The minimum Gasteiger partial charge on any atom is -0.497 e. The number of nitrogens with one attached hydrogen (secondary N) is 1. The zero-order valence-electron chi connectivity index (χ0n) is 17.1. The number of hydrogen-bond acceptors (Lipinski definition) is 4. The molecule has 1 spiro atoms. The van der Waals surface area contributed by atoms with Gasteiger partial charge in [-0.25, -0.2) is 9.18 Å². The number of rotatable bonds is 7. The highest BCUT2D eigenvalue weighted by Gasteiger charge is 2.51. The monoisotopic (exact) mass is 414 g/mol. The third kappa shape index (κ3) is 4.91. The molecular formula is C23H27FN2O4. The number of likely N-dealkylation sites (tertiary alicyclic amines) is 1. The van der Waals surface area contributed by atoms with Gasteiger partial charge in [0.25, 0.3) is 0 Å². The van der Waals surface area contributed by atoms with E-state index >= 15 is 0 Å². The summed E-state index contributed by atoms with van der Waals surface area (Å²) in [7, 11) is 1.60. The predicted molar refractivity (Wildman–Crippen MR) is 111 cm³/mol. The van der Waals surface area contributed by atoms with Crippen molar-refractivity contribution in [2.45, 2.75) is 25.0 Å². The standard InChI is InChI=1S/C23H27FN2O4/c1-28-21-7-3-6-20(11-21)25-22(27)26-15-23(16-26)12-18(14-30-23)8-9-29-13-17-4-2-5-19(24)10-17/h2-7,10-11,18H,8-9,12-16H2,1H3,(H,25,27). The molecular weight excluding hydrogens is 387 g/mol. The van der Waals surface area contributed by atoms with Gasteiger partial charge in [0.2, 0.25) is 0 Å². The Morgan fingerprint density at radius 2 is 2.10 bits per heavy atom. The third-order valence-electron chi connectivity index (χ3n) is 5.68. The highest BCUT2D eigenvalue weighted by atomic mass is 19.1. The second-order valence-electron chi connectivity index (χ2n) is 8.05. The smallest absolute Gasteiger partial charge is 0.322 e. The number of amides is 2. The Morgan fingerprint density at radius 1 is 1.27 bits per heavy atom. The molecule has 4 rings (SSSR count). The molecule has 0 bridgehead atoms. The Hall–Kier alpha value is -2.64. The lowest BCUT2D eigenvalue weighted by molar-refractivity contribution is -0.0894. The van der Waals surface area contributed by atoms with Gasteiger partial charge in [-0.2, -0.15) is 0 Å². The van der Waals surface area contributed by atoms with Gasteiger partial charge in [0.15, 0.2) is 0 Å². The van der Waals surface area contributed by atoms with Crippen LogP contribution in [0.15, 0.2) is 48.5 Å². The van der Waals surface area contributed by atoms with Crippen molar-refractivity contribution < 1.29 is 23.4 Å². The molecule has 2 aromatic carbocycles. The van der Waals surface area contributed by atoms with Gasteiger partial charge in [-0.05, 0) is 48.6 Å². The summed E-state index contributed by atoms with van der Waals surface area (Å²) in [5.41, 5.74) is 1.32. The quantitative estimate of drug-likeness (QED) is 0.694. The van der Waals surface area contributed by atoms with Crippen molar-refractivity contribution in [2.24, 2.45) is 5.92 Å². The maximum absolute atomic E-state index is 13.2. The lowest BCUT2D eigenvalue weighted by Gasteiger charge is -2.46. The van der Waals surface area contributed by atoms with Crippen molar-refractivity contribution in [1.29, 1.82) is 0 Å². The van der Waals surface area contributed by atoms with Crippen LogP contribution in [-0.2, 0) is 16.1 Å². The molecule has 2 aliphatic rings. The van der Waals surface area contributed by atoms with Crippen molar-refractivity contribution in [3.8, 4) is 5.75 Å². The molecule has 1 N–H and O–H groups in total. The van der Waals surface area contributed by atoms with Crippen LogP contribution in [0.25, 0.3) is 0 Å². The first-order valence-electron chi connectivity index (χ1n) is 10.2. The topological polar surface area (TPSA) is 60.0 Å². The molecule has 2 amide bonds. The van der Waals surface area contributed by atoms with E-state index in [9.17, 15) is 9.18 Å². The van der Waals surface area contributed by atoms with E-state index in [1.807, 2.05) is 24.3 Å². The highest BCUT2D eigenvalue weighted by molar-refractivity contribution is 5.90. The van der Waals surface area contributed by atoms with Gasteiger partial charge in [0.1, 0.15) is 17.2 Å². The average molecular weight is 414 g/mol. The summed E-state index contributed by atoms with van der Waals surface area (Å²) in [6.07, 6.45) is 1.83. The Bertz CT molecular complexity index is 885. The maximum Gasteiger partial charge on any atom is 0.322 e. The summed E-state index contributed by atoms with van der Waals surface area (Å²) >= 11 is 0. The summed E-state index contributed by atoms with van der Waals surface area (Å²) in [5, 5.41) is 2.90. The van der Waals surface area contributed by atoms with Gasteiger partial charge >= 0.3 is 6.03 Å². The molecule has 1 atom stereocenters. The first-order valence-corrected chi connectivity index (χ1v) is 10.2. The summed E-state index contributed by atoms with van der Waals surface area (Å²) in [6.45, 7) is 2.91. The molecule has 2 aliphatic heterocycles. The minimum atomic E-state index is -0.243. The van der Waals surface area contributed by atoms with Gasteiger partial charge in [-0.3, -0.25) is 0 Å². The number of methoxy groups -OCH3 is 1. The van der Waals surface area contributed by atoms with E-state index < -0.39 is 0 Å². The molecule has 160 valence electrons. The fourth-order valence-corrected chi connectivity index (χ4v) is 4.11. The lowest BCUT2D eigenvalue weighted by Crippen LogP contribution is -2.64. The van der Waals surface area contributed by atoms with E-state index in [1.54, 1.807) is 24.1 Å². The van der Waals surface area contributed by atoms with Crippen LogP contribution in [-0.4, -0.2) is 49.9 Å². The van der Waals surface area contributed by atoms with E-state index in [-0.39, 0.29) is 17.4 Å². The zero-order chi connectivity index (χ0) is 21.0. The second kappa shape index (κ2) is 9.02. The van der Waals surface area contributed by atoms with E-state index in [0.29, 0.717) is 50.3 Å². The number of carbonyl (C=O) groups is 1. The summed E-state index contributed by atoms with van der Waals surface area (Å²) < 4.78 is 30.1. The van der Waals surface area contributed by atoms with Crippen LogP contribution in [0.1, 0.15) is 18.4 Å². The molecule has 1 unspecified atom stereocenters. The average Bonchev–Trinajstić information content (AvgIpc) is 3.15. The normalized spacial score (nSPS) is 19.5. The molecule has 0 aliphatic carbocycles. The van der Waals surface area contributed by atoms with Crippen molar-refractivity contribution in [1.82, 2.24) is 4.90 Å². The largest absolute Gasteiger partial charge is 0.497 e. The minimum absolute atomic E-state index is 0.126. The van der Waals surface area contributed by atoms with Gasteiger partial charge in [-0.1, -0.05) is 18.2 Å². The molecule has 2 aromatic rings. The van der Waals surface area contributed by atoms with Crippen LogP contribution in [0.3, 0.4) is 0 Å². The lowest BCUT2D eigenvalue weighted by atomic mass is 9.86. The number of hydrogen-bond donors (Lipinski definition) is 1. The Labute approximate surface area is 175 Å². The number of urea groups is 1. The number of anilines is 1. The summed E-state index contributed by atoms with van der Waals surface area (Å²) in [4.78, 5) is 14.2. The summed E-state index contributed by atoms with van der Waals surface area (Å²) in [5.74, 6) is 0.878. The van der Waals surface area contributed by atoms with Gasteiger partial charge in [0.05, 0.1) is 33.4 Å². The van der Waals surface area contributed by atoms with Crippen LogP contribution in [0.4, 0.5) is 14.9 Å². The Balaban J connectivity index is 1.16. The first kappa shape index (κ1) is 20.6. The Kier molecular flexibility index (Phi) is 6.20. The Morgan fingerprint density at radius 3 is 2.90 bits per heavy atom. The fourth-order valence-electron chi connectivity index (χ4n) is 4.11. The van der Waals surface area contributed by atoms with Crippen molar-refractivity contribution in [3.63, 3.8) is 0 Å². The molecule has 0 radical (unpaired) electrons. The van der Waals surface area contributed by atoms with Crippen molar-refractivity contribution >= 4 is 11.7 Å². The van der Waals surface area contributed by atoms with E-state index in [0.717, 1.165) is 18.4 Å². The molecule has 2 fully saturated rings. The molecule has 2 heterocycles. The number of nitrogens with zero attached hydrogens (tertiary/aromatic N) is 1. The van der Waals surface area contributed by atoms with E-state index in [1.165, 1.54) is 12.1 Å². The van der Waals surface area contributed by atoms with Gasteiger partial charge < -0.3 is 24.4 Å². The fraction of sp³-hybridized carbons (Fsp3) is 0.435.